The largest absolute Gasteiger partial charge is 0.396 e. The lowest BCUT2D eigenvalue weighted by Gasteiger charge is -2.28. The molecule has 1 aliphatic carbocycles. The van der Waals surface area contributed by atoms with E-state index in [1.54, 1.807) is 0 Å². The molecule has 0 radical (unpaired) electrons. The summed E-state index contributed by atoms with van der Waals surface area (Å²) in [6, 6.07) is 0. The standard InChI is InChI=1S/C13H27NO2/c15-12-8-4-3-7-11-14-13(16)9-5-1-2-6-10-13/h14-16H,1-12H2. The fourth-order valence-corrected chi connectivity index (χ4v) is 2.40. The molecule has 3 heteroatoms. The third-order valence-corrected chi connectivity index (χ3v) is 3.47. The van der Waals surface area contributed by atoms with Crippen LogP contribution in [0.2, 0.25) is 0 Å². The lowest BCUT2D eigenvalue weighted by Crippen LogP contribution is -2.45. The van der Waals surface area contributed by atoms with Crippen molar-refractivity contribution in [2.75, 3.05) is 13.2 Å². The summed E-state index contributed by atoms with van der Waals surface area (Å²) in [4.78, 5) is 0. The molecule has 3 nitrogen and oxygen atoms in total. The van der Waals surface area contributed by atoms with E-state index in [0.717, 1.165) is 57.9 Å². The monoisotopic (exact) mass is 229 g/mol. The summed E-state index contributed by atoms with van der Waals surface area (Å²) in [7, 11) is 0. The molecule has 0 spiro atoms. The quantitative estimate of drug-likeness (QED) is 0.356. The second-order valence-corrected chi connectivity index (χ2v) is 5.01. The van der Waals surface area contributed by atoms with E-state index in [1.807, 2.05) is 0 Å². The van der Waals surface area contributed by atoms with E-state index in [2.05, 4.69) is 5.32 Å². The van der Waals surface area contributed by atoms with Crippen LogP contribution in [-0.4, -0.2) is 29.1 Å². The van der Waals surface area contributed by atoms with Gasteiger partial charge in [0, 0.05) is 6.61 Å². The minimum atomic E-state index is -0.590. The van der Waals surface area contributed by atoms with Crippen molar-refractivity contribution in [2.45, 2.75) is 69.9 Å². The minimum absolute atomic E-state index is 0.303. The van der Waals surface area contributed by atoms with Gasteiger partial charge < -0.3 is 10.2 Å². The Balaban J connectivity index is 2.05. The van der Waals surface area contributed by atoms with Crippen molar-refractivity contribution in [3.8, 4) is 0 Å². The molecule has 96 valence electrons. The first-order valence-corrected chi connectivity index (χ1v) is 6.85. The predicted molar refractivity (Wildman–Crippen MR) is 66.2 cm³/mol. The van der Waals surface area contributed by atoms with Gasteiger partial charge in [0.15, 0.2) is 0 Å². The third kappa shape index (κ3) is 5.83. The molecule has 1 rings (SSSR count). The van der Waals surface area contributed by atoms with Crippen molar-refractivity contribution in [1.29, 1.82) is 0 Å². The number of hydrogen-bond donors (Lipinski definition) is 3. The van der Waals surface area contributed by atoms with E-state index in [9.17, 15) is 5.11 Å². The van der Waals surface area contributed by atoms with Gasteiger partial charge in [-0.3, -0.25) is 5.32 Å². The molecule has 0 amide bonds. The first-order chi connectivity index (χ1) is 7.77. The molecule has 16 heavy (non-hydrogen) atoms. The van der Waals surface area contributed by atoms with Crippen LogP contribution in [0.4, 0.5) is 0 Å². The maximum atomic E-state index is 10.3. The fraction of sp³-hybridized carbons (Fsp3) is 1.00. The molecule has 0 aliphatic heterocycles. The SMILES string of the molecule is OCCCCCCNC1(O)CCCCCC1. The fourth-order valence-electron chi connectivity index (χ4n) is 2.40. The number of rotatable bonds is 7. The number of hydrogen-bond acceptors (Lipinski definition) is 3. The van der Waals surface area contributed by atoms with Gasteiger partial charge in [-0.2, -0.15) is 0 Å². The van der Waals surface area contributed by atoms with Gasteiger partial charge in [0.25, 0.3) is 0 Å². The summed E-state index contributed by atoms with van der Waals surface area (Å²) in [5, 5.41) is 22.3. The highest BCUT2D eigenvalue weighted by Gasteiger charge is 2.26. The molecule has 1 saturated carbocycles. The highest BCUT2D eigenvalue weighted by atomic mass is 16.3. The Labute approximate surface area is 99.3 Å². The minimum Gasteiger partial charge on any atom is -0.396 e. The molecule has 3 N–H and O–H groups in total. The smallest absolute Gasteiger partial charge is 0.116 e. The molecular weight excluding hydrogens is 202 g/mol. The Morgan fingerprint density at radius 1 is 0.875 bits per heavy atom. The van der Waals surface area contributed by atoms with Crippen molar-refractivity contribution >= 4 is 0 Å². The molecule has 0 aromatic rings. The van der Waals surface area contributed by atoms with Crippen LogP contribution < -0.4 is 5.32 Å². The van der Waals surface area contributed by atoms with Crippen LogP contribution in [0.1, 0.15) is 64.2 Å². The molecule has 1 aliphatic rings. The lowest BCUT2D eigenvalue weighted by atomic mass is 10.0. The summed E-state index contributed by atoms with van der Waals surface area (Å²) in [5.41, 5.74) is -0.590. The number of aliphatic hydroxyl groups excluding tert-OH is 1. The van der Waals surface area contributed by atoms with Crippen molar-refractivity contribution in [3.63, 3.8) is 0 Å². The Bertz CT molecular complexity index is 165. The van der Waals surface area contributed by atoms with Gasteiger partial charge in [0.1, 0.15) is 5.72 Å². The Morgan fingerprint density at radius 3 is 2.12 bits per heavy atom. The topological polar surface area (TPSA) is 52.5 Å². The van der Waals surface area contributed by atoms with E-state index in [4.69, 9.17) is 5.11 Å². The Hall–Kier alpha value is -0.120. The van der Waals surface area contributed by atoms with Crippen molar-refractivity contribution < 1.29 is 10.2 Å². The maximum absolute atomic E-state index is 10.3. The van der Waals surface area contributed by atoms with Crippen LogP contribution in [0.25, 0.3) is 0 Å². The van der Waals surface area contributed by atoms with E-state index < -0.39 is 5.72 Å². The average molecular weight is 229 g/mol. The zero-order chi connectivity index (χ0) is 11.7. The lowest BCUT2D eigenvalue weighted by molar-refractivity contribution is -0.00908. The molecule has 0 aromatic heterocycles. The van der Waals surface area contributed by atoms with E-state index in [0.29, 0.717) is 6.61 Å². The highest BCUT2D eigenvalue weighted by molar-refractivity contribution is 4.78. The number of nitrogens with one attached hydrogen (secondary N) is 1. The zero-order valence-electron chi connectivity index (χ0n) is 10.4. The van der Waals surface area contributed by atoms with E-state index in [1.165, 1.54) is 12.8 Å². The van der Waals surface area contributed by atoms with Gasteiger partial charge in [-0.05, 0) is 45.1 Å². The van der Waals surface area contributed by atoms with Gasteiger partial charge in [-0.1, -0.05) is 25.7 Å². The Morgan fingerprint density at radius 2 is 1.50 bits per heavy atom. The molecule has 0 atom stereocenters. The summed E-state index contributed by atoms with van der Waals surface area (Å²) in [5.74, 6) is 0. The van der Waals surface area contributed by atoms with Gasteiger partial charge in [0.2, 0.25) is 0 Å². The Kier molecular flexibility index (Phi) is 7.01. The first-order valence-electron chi connectivity index (χ1n) is 6.85. The second kappa shape index (κ2) is 8.04. The summed E-state index contributed by atoms with van der Waals surface area (Å²) in [6.45, 7) is 1.21. The van der Waals surface area contributed by atoms with Crippen LogP contribution in [0.15, 0.2) is 0 Å². The molecule has 0 aromatic carbocycles. The molecule has 0 unspecified atom stereocenters. The van der Waals surface area contributed by atoms with Gasteiger partial charge in [-0.15, -0.1) is 0 Å². The summed E-state index contributed by atoms with van der Waals surface area (Å²) >= 11 is 0. The third-order valence-electron chi connectivity index (χ3n) is 3.47. The molecule has 0 saturated heterocycles. The van der Waals surface area contributed by atoms with Crippen LogP contribution in [0.3, 0.4) is 0 Å². The normalized spacial score (nSPS) is 20.6. The van der Waals surface area contributed by atoms with Crippen molar-refractivity contribution in [2.24, 2.45) is 0 Å². The average Bonchev–Trinajstić information content (AvgIpc) is 2.49. The number of aliphatic hydroxyl groups is 2. The van der Waals surface area contributed by atoms with Crippen LogP contribution in [0.5, 0.6) is 0 Å². The van der Waals surface area contributed by atoms with Crippen molar-refractivity contribution in [3.05, 3.63) is 0 Å². The predicted octanol–water partition coefficient (Wildman–Crippen LogP) is 2.17. The van der Waals surface area contributed by atoms with Gasteiger partial charge in [-0.25, -0.2) is 0 Å². The van der Waals surface area contributed by atoms with Crippen LogP contribution >= 0.6 is 0 Å². The van der Waals surface area contributed by atoms with E-state index >= 15 is 0 Å². The van der Waals surface area contributed by atoms with Crippen LogP contribution in [-0.2, 0) is 0 Å². The molecule has 0 bridgehead atoms. The molecule has 0 heterocycles. The maximum Gasteiger partial charge on any atom is 0.116 e. The summed E-state index contributed by atoms with van der Waals surface area (Å²) in [6.07, 6.45) is 10.9. The van der Waals surface area contributed by atoms with Crippen molar-refractivity contribution in [1.82, 2.24) is 5.32 Å². The molecule has 1 fully saturated rings. The first kappa shape index (κ1) is 13.9. The summed E-state index contributed by atoms with van der Waals surface area (Å²) < 4.78 is 0. The highest BCUT2D eigenvalue weighted by Crippen LogP contribution is 2.24. The zero-order valence-corrected chi connectivity index (χ0v) is 10.4. The van der Waals surface area contributed by atoms with E-state index in [-0.39, 0.29) is 0 Å². The van der Waals surface area contributed by atoms with Gasteiger partial charge in [0.05, 0.1) is 0 Å². The second-order valence-electron chi connectivity index (χ2n) is 5.01. The number of unbranched alkanes of at least 4 members (excludes halogenated alkanes) is 3. The molecular formula is C13H27NO2. The van der Waals surface area contributed by atoms with Crippen LogP contribution in [0, 0.1) is 0 Å². The van der Waals surface area contributed by atoms with Gasteiger partial charge >= 0.3 is 0 Å².